The molecule has 0 saturated carbocycles. The van der Waals surface area contributed by atoms with Gasteiger partial charge >= 0.3 is 5.97 Å². The lowest BCUT2D eigenvalue weighted by atomic mass is 10.1. The number of hydrogen-bond donors (Lipinski definition) is 1. The lowest BCUT2D eigenvalue weighted by Crippen LogP contribution is -2.21. The summed E-state index contributed by atoms with van der Waals surface area (Å²) in [5.74, 6) is -0.572. The lowest BCUT2D eigenvalue weighted by Gasteiger charge is -2.09. The first-order valence-electron chi connectivity index (χ1n) is 8.91. The van der Waals surface area contributed by atoms with Gasteiger partial charge in [-0.15, -0.1) is 0 Å². The van der Waals surface area contributed by atoms with Crippen LogP contribution in [0.1, 0.15) is 21.9 Å². The van der Waals surface area contributed by atoms with Crippen LogP contribution in [-0.4, -0.2) is 23.4 Å². The van der Waals surface area contributed by atoms with Crippen molar-refractivity contribution in [2.75, 3.05) is 11.9 Å². The Morgan fingerprint density at radius 3 is 2.57 bits per heavy atom. The topological polar surface area (TPSA) is 121 Å². The zero-order valence-electron chi connectivity index (χ0n) is 16.0. The summed E-state index contributed by atoms with van der Waals surface area (Å²) in [5, 5.41) is 13.5. The molecular weight excluding hydrogens is 392 g/mol. The van der Waals surface area contributed by atoms with Gasteiger partial charge in [0.25, 0.3) is 11.6 Å². The SMILES string of the molecule is Cc1cccc([N+](=O)[O-])c1NC(=O)COC(=O)c1ccc(COc2ccccc2)o1. The minimum atomic E-state index is -0.838. The van der Waals surface area contributed by atoms with Crippen molar-refractivity contribution < 1.29 is 28.4 Å². The molecule has 1 amide bonds. The van der Waals surface area contributed by atoms with Crippen LogP contribution in [0.3, 0.4) is 0 Å². The maximum atomic E-state index is 12.1. The van der Waals surface area contributed by atoms with Gasteiger partial charge in [-0.25, -0.2) is 4.79 Å². The number of nitro benzene ring substituents is 1. The molecule has 154 valence electrons. The Morgan fingerprint density at radius 2 is 1.83 bits per heavy atom. The van der Waals surface area contributed by atoms with Gasteiger partial charge in [0.1, 0.15) is 23.8 Å². The second kappa shape index (κ2) is 9.37. The third-order valence-electron chi connectivity index (χ3n) is 4.03. The molecule has 9 heteroatoms. The number of aryl methyl sites for hydroxylation is 1. The van der Waals surface area contributed by atoms with Gasteiger partial charge in [-0.1, -0.05) is 30.3 Å². The van der Waals surface area contributed by atoms with Crippen LogP contribution < -0.4 is 10.1 Å². The molecule has 0 radical (unpaired) electrons. The molecule has 0 aliphatic heterocycles. The maximum Gasteiger partial charge on any atom is 0.374 e. The molecule has 0 spiro atoms. The molecule has 0 aliphatic carbocycles. The van der Waals surface area contributed by atoms with E-state index in [2.05, 4.69) is 5.32 Å². The Kier molecular flexibility index (Phi) is 6.43. The number of nitrogens with zero attached hydrogens (tertiary/aromatic N) is 1. The van der Waals surface area contributed by atoms with Crippen molar-refractivity contribution in [1.29, 1.82) is 0 Å². The number of carbonyl (C=O) groups excluding carboxylic acids is 2. The Hall–Kier alpha value is -4.14. The van der Waals surface area contributed by atoms with E-state index in [1.807, 2.05) is 18.2 Å². The minimum Gasteiger partial charge on any atom is -0.486 e. The molecule has 0 fully saturated rings. The van der Waals surface area contributed by atoms with Gasteiger partial charge < -0.3 is 19.2 Å². The molecule has 0 bridgehead atoms. The number of nitro groups is 1. The van der Waals surface area contributed by atoms with Gasteiger partial charge in [0.15, 0.2) is 6.61 Å². The molecule has 3 aromatic rings. The molecular formula is C21H18N2O7. The quantitative estimate of drug-likeness (QED) is 0.340. The molecule has 0 atom stereocenters. The Morgan fingerprint density at radius 1 is 1.07 bits per heavy atom. The summed E-state index contributed by atoms with van der Waals surface area (Å²) in [5.41, 5.74) is 0.323. The minimum absolute atomic E-state index is 0.0573. The number of amides is 1. The number of anilines is 1. The van der Waals surface area contributed by atoms with Gasteiger partial charge in [-0.2, -0.15) is 0 Å². The van der Waals surface area contributed by atoms with E-state index >= 15 is 0 Å². The molecule has 1 N–H and O–H groups in total. The zero-order valence-corrected chi connectivity index (χ0v) is 16.0. The number of rotatable bonds is 8. The van der Waals surface area contributed by atoms with Crippen molar-refractivity contribution in [3.8, 4) is 5.75 Å². The number of esters is 1. The molecule has 9 nitrogen and oxygen atoms in total. The van der Waals surface area contributed by atoms with Crippen molar-refractivity contribution in [3.05, 3.63) is 87.9 Å². The van der Waals surface area contributed by atoms with Crippen molar-refractivity contribution in [2.45, 2.75) is 13.5 Å². The average molecular weight is 410 g/mol. The molecule has 1 heterocycles. The fourth-order valence-corrected chi connectivity index (χ4v) is 2.58. The van der Waals surface area contributed by atoms with Crippen molar-refractivity contribution in [3.63, 3.8) is 0 Å². The van der Waals surface area contributed by atoms with E-state index in [0.29, 0.717) is 17.1 Å². The summed E-state index contributed by atoms with van der Waals surface area (Å²) < 4.78 is 15.8. The largest absolute Gasteiger partial charge is 0.486 e. The van der Waals surface area contributed by atoms with Crippen LogP contribution in [-0.2, 0) is 16.1 Å². The van der Waals surface area contributed by atoms with Crippen molar-refractivity contribution in [1.82, 2.24) is 0 Å². The van der Waals surface area contributed by atoms with Crippen LogP contribution in [0.5, 0.6) is 5.75 Å². The summed E-state index contributed by atoms with van der Waals surface area (Å²) in [6.45, 7) is 1.12. The Balaban J connectivity index is 1.53. The smallest absolute Gasteiger partial charge is 0.374 e. The van der Waals surface area contributed by atoms with E-state index in [1.165, 1.54) is 18.2 Å². The monoisotopic (exact) mass is 410 g/mol. The summed E-state index contributed by atoms with van der Waals surface area (Å²) in [4.78, 5) is 34.7. The van der Waals surface area contributed by atoms with Gasteiger partial charge in [0.2, 0.25) is 5.76 Å². The molecule has 0 aliphatic rings. The van der Waals surface area contributed by atoms with Gasteiger partial charge in [0, 0.05) is 6.07 Å². The Bertz CT molecular complexity index is 1060. The van der Waals surface area contributed by atoms with Crippen LogP contribution in [0.15, 0.2) is 65.1 Å². The highest BCUT2D eigenvalue weighted by Crippen LogP contribution is 2.27. The summed E-state index contributed by atoms with van der Waals surface area (Å²) in [6, 6.07) is 16.5. The van der Waals surface area contributed by atoms with E-state index in [0.717, 1.165) is 0 Å². The van der Waals surface area contributed by atoms with E-state index in [1.54, 1.807) is 31.2 Å². The second-order valence-corrected chi connectivity index (χ2v) is 6.22. The average Bonchev–Trinajstić information content (AvgIpc) is 3.22. The zero-order chi connectivity index (χ0) is 21.5. The van der Waals surface area contributed by atoms with Crippen LogP contribution in [0, 0.1) is 17.0 Å². The molecule has 3 rings (SSSR count). The van der Waals surface area contributed by atoms with E-state index in [4.69, 9.17) is 13.9 Å². The molecule has 30 heavy (non-hydrogen) atoms. The third-order valence-corrected chi connectivity index (χ3v) is 4.03. The second-order valence-electron chi connectivity index (χ2n) is 6.22. The molecule has 1 aromatic heterocycles. The number of para-hydroxylation sites is 2. The highest BCUT2D eigenvalue weighted by molar-refractivity contribution is 5.96. The first-order valence-corrected chi connectivity index (χ1v) is 8.91. The molecule has 0 saturated heterocycles. The summed E-state index contributed by atoms with van der Waals surface area (Å²) >= 11 is 0. The molecule has 2 aromatic carbocycles. The third kappa shape index (κ3) is 5.22. The number of hydrogen-bond acceptors (Lipinski definition) is 7. The van der Waals surface area contributed by atoms with Crippen LogP contribution in [0.2, 0.25) is 0 Å². The fourth-order valence-electron chi connectivity index (χ4n) is 2.58. The maximum absolute atomic E-state index is 12.1. The van der Waals surface area contributed by atoms with Crippen LogP contribution >= 0.6 is 0 Å². The van der Waals surface area contributed by atoms with E-state index < -0.39 is 23.4 Å². The van der Waals surface area contributed by atoms with Crippen LogP contribution in [0.25, 0.3) is 0 Å². The highest BCUT2D eigenvalue weighted by atomic mass is 16.6. The first-order chi connectivity index (χ1) is 14.4. The van der Waals surface area contributed by atoms with E-state index in [9.17, 15) is 19.7 Å². The summed E-state index contributed by atoms with van der Waals surface area (Å²) in [6.07, 6.45) is 0. The lowest BCUT2D eigenvalue weighted by molar-refractivity contribution is -0.384. The Labute approximate surface area is 171 Å². The number of furan rings is 1. The van der Waals surface area contributed by atoms with Gasteiger partial charge in [-0.3, -0.25) is 14.9 Å². The van der Waals surface area contributed by atoms with Gasteiger partial charge in [-0.05, 0) is 36.8 Å². The van der Waals surface area contributed by atoms with Crippen molar-refractivity contribution in [2.24, 2.45) is 0 Å². The summed E-state index contributed by atoms with van der Waals surface area (Å²) in [7, 11) is 0. The number of ether oxygens (including phenoxy) is 2. The standard InChI is InChI=1S/C21H18N2O7/c1-14-6-5-9-17(23(26)27)20(14)22-19(24)13-29-21(25)18-11-10-16(30-18)12-28-15-7-3-2-4-8-15/h2-11H,12-13H2,1H3,(H,22,24). The number of nitrogens with one attached hydrogen (secondary N) is 1. The van der Waals surface area contributed by atoms with Crippen molar-refractivity contribution >= 4 is 23.3 Å². The number of benzene rings is 2. The highest BCUT2D eigenvalue weighted by Gasteiger charge is 2.19. The predicted octanol–water partition coefficient (Wildman–Crippen LogP) is 3.87. The first kappa shape index (κ1) is 20.6. The molecule has 0 unspecified atom stereocenters. The predicted molar refractivity (Wildman–Crippen MR) is 106 cm³/mol. The van der Waals surface area contributed by atoms with E-state index in [-0.39, 0.29) is 23.7 Å². The fraction of sp³-hybridized carbons (Fsp3) is 0.143. The van der Waals surface area contributed by atoms with Crippen LogP contribution in [0.4, 0.5) is 11.4 Å². The van der Waals surface area contributed by atoms with Gasteiger partial charge in [0.05, 0.1) is 4.92 Å². The normalized spacial score (nSPS) is 10.3. The number of carbonyl (C=O) groups is 2.